The van der Waals surface area contributed by atoms with Gasteiger partial charge in [0.05, 0.1) is 36.8 Å². The van der Waals surface area contributed by atoms with Gasteiger partial charge >= 0.3 is 0 Å². The minimum atomic E-state index is -1.39. The third-order valence-corrected chi connectivity index (χ3v) is 13.5. The lowest BCUT2D eigenvalue weighted by Gasteiger charge is -2.63. The number of likely N-dealkylation sites (tertiary alicyclic amines) is 2. The lowest BCUT2D eigenvalue weighted by Crippen LogP contribution is -2.80. The molecule has 250 valence electrons. The van der Waals surface area contributed by atoms with E-state index in [0.717, 1.165) is 42.6 Å². The molecule has 10 rings (SSSR count). The van der Waals surface area contributed by atoms with Crippen LogP contribution in [0.1, 0.15) is 54.4 Å². The summed E-state index contributed by atoms with van der Waals surface area (Å²) in [5, 5.41) is 34.3. The molecule has 2 saturated heterocycles. The number of Topliss-reactive ketones (excluding diaryl/α,β-unsaturated/α-hetero) is 2. The number of piperidine rings is 2. The van der Waals surface area contributed by atoms with Crippen molar-refractivity contribution >= 4 is 11.6 Å². The van der Waals surface area contributed by atoms with E-state index in [-0.39, 0.29) is 30.1 Å². The first kappa shape index (κ1) is 29.9. The predicted octanol–water partition coefficient (Wildman–Crippen LogP) is 1.07. The zero-order chi connectivity index (χ0) is 32.8. The van der Waals surface area contributed by atoms with Crippen LogP contribution in [0.3, 0.4) is 0 Å². The summed E-state index contributed by atoms with van der Waals surface area (Å²) in [7, 11) is 7.24. The number of hydrogen-bond acceptors (Lipinski definition) is 11. The van der Waals surface area contributed by atoms with Crippen LogP contribution in [0.25, 0.3) is 0 Å². The molecule has 2 saturated carbocycles. The summed E-state index contributed by atoms with van der Waals surface area (Å²) in [6, 6.07) is 7.68. The predicted molar refractivity (Wildman–Crippen MR) is 167 cm³/mol. The van der Waals surface area contributed by atoms with Crippen LogP contribution in [0.5, 0.6) is 23.0 Å². The van der Waals surface area contributed by atoms with Crippen molar-refractivity contribution in [2.45, 2.75) is 97.4 Å². The van der Waals surface area contributed by atoms with Gasteiger partial charge in [-0.05, 0) is 82.5 Å². The van der Waals surface area contributed by atoms with Crippen molar-refractivity contribution < 1.29 is 43.9 Å². The molecule has 2 aromatic rings. The van der Waals surface area contributed by atoms with Crippen LogP contribution in [0.15, 0.2) is 24.3 Å². The largest absolute Gasteiger partial charge is 0.493 e. The first-order valence-corrected chi connectivity index (χ1v) is 16.8. The number of benzene rings is 2. The molecule has 4 fully saturated rings. The molecule has 0 radical (unpaired) electrons. The van der Waals surface area contributed by atoms with E-state index in [1.807, 2.05) is 25.2 Å². The van der Waals surface area contributed by atoms with Crippen molar-refractivity contribution in [3.8, 4) is 23.0 Å². The van der Waals surface area contributed by atoms with E-state index >= 15 is 0 Å². The quantitative estimate of drug-likeness (QED) is 0.432. The average Bonchev–Trinajstić information content (AvgIpc) is 3.60. The second-order valence-corrected chi connectivity index (χ2v) is 15.0. The Morgan fingerprint density at radius 1 is 0.745 bits per heavy atom. The van der Waals surface area contributed by atoms with Crippen molar-refractivity contribution in [2.75, 3.05) is 41.4 Å². The number of carbonyl (C=O) groups excluding carboxylic acids is 2. The fourth-order valence-electron chi connectivity index (χ4n) is 11.4. The molecule has 2 aromatic carbocycles. The molecule has 2 spiro atoms. The molecule has 4 heterocycles. The van der Waals surface area contributed by atoms with Gasteiger partial charge < -0.3 is 44.1 Å². The van der Waals surface area contributed by atoms with E-state index < -0.39 is 40.3 Å². The molecular formula is C36H42N2O9. The van der Waals surface area contributed by atoms with E-state index in [0.29, 0.717) is 48.7 Å². The molecule has 1 unspecified atom stereocenters. The highest BCUT2D eigenvalue weighted by molar-refractivity contribution is 5.91. The average molecular weight is 647 g/mol. The van der Waals surface area contributed by atoms with Crippen molar-refractivity contribution in [1.29, 1.82) is 0 Å². The molecule has 3 N–H and O–H groups in total. The molecule has 0 aromatic heterocycles. The van der Waals surface area contributed by atoms with Gasteiger partial charge in [0.25, 0.3) is 0 Å². The first-order chi connectivity index (χ1) is 22.5. The van der Waals surface area contributed by atoms with Gasteiger partial charge in [-0.25, -0.2) is 0 Å². The van der Waals surface area contributed by atoms with Gasteiger partial charge in [-0.2, -0.15) is 0 Å². The molecule has 47 heavy (non-hydrogen) atoms. The number of hydrogen-bond donors (Lipinski definition) is 3. The van der Waals surface area contributed by atoms with Gasteiger partial charge in [-0.15, -0.1) is 0 Å². The fourth-order valence-corrected chi connectivity index (χ4v) is 11.4. The summed E-state index contributed by atoms with van der Waals surface area (Å²) in [5.41, 5.74) is 0.433. The molecule has 0 amide bonds. The fraction of sp³-hybridized carbons (Fsp3) is 0.611. The third-order valence-electron chi connectivity index (χ3n) is 13.5. The van der Waals surface area contributed by atoms with Crippen molar-refractivity contribution in [3.63, 3.8) is 0 Å². The minimum Gasteiger partial charge on any atom is -0.493 e. The summed E-state index contributed by atoms with van der Waals surface area (Å²) < 4.78 is 23.2. The number of likely N-dealkylation sites (N-methyl/N-ethyl adjacent to an activating group) is 2. The van der Waals surface area contributed by atoms with Gasteiger partial charge in [-0.3, -0.25) is 9.59 Å². The highest BCUT2D eigenvalue weighted by atomic mass is 16.5. The Labute approximate surface area is 273 Å². The molecule has 11 nitrogen and oxygen atoms in total. The van der Waals surface area contributed by atoms with Crippen LogP contribution in [-0.4, -0.2) is 120 Å². The molecule has 11 heteroatoms. The number of aliphatic hydroxyl groups is 3. The van der Waals surface area contributed by atoms with Gasteiger partial charge in [0, 0.05) is 36.1 Å². The first-order valence-electron chi connectivity index (χ1n) is 16.8. The van der Waals surface area contributed by atoms with Crippen molar-refractivity contribution in [1.82, 2.24) is 9.80 Å². The van der Waals surface area contributed by atoms with E-state index in [9.17, 15) is 24.9 Å². The molecule has 4 bridgehead atoms. The van der Waals surface area contributed by atoms with Crippen LogP contribution in [0.4, 0.5) is 0 Å². The second-order valence-electron chi connectivity index (χ2n) is 15.0. The summed E-state index contributed by atoms with van der Waals surface area (Å²) in [6.45, 7) is 1.62. The summed E-state index contributed by atoms with van der Waals surface area (Å²) in [4.78, 5) is 29.7. The van der Waals surface area contributed by atoms with E-state index in [1.54, 1.807) is 14.2 Å². The third kappa shape index (κ3) is 3.21. The lowest BCUT2D eigenvalue weighted by atomic mass is 9.48. The Morgan fingerprint density at radius 3 is 1.89 bits per heavy atom. The highest BCUT2D eigenvalue weighted by Crippen LogP contribution is 2.66. The van der Waals surface area contributed by atoms with Crippen LogP contribution < -0.4 is 18.9 Å². The summed E-state index contributed by atoms with van der Waals surface area (Å²) >= 11 is 0. The smallest absolute Gasteiger partial charge is 0.177 e. The van der Waals surface area contributed by atoms with E-state index in [2.05, 4.69) is 22.9 Å². The topological polar surface area (TPSA) is 138 Å². The Balaban J connectivity index is 0.000000129. The van der Waals surface area contributed by atoms with Crippen LogP contribution in [0.2, 0.25) is 0 Å². The Kier molecular flexibility index (Phi) is 6.02. The number of ether oxygens (including phenoxy) is 4. The van der Waals surface area contributed by atoms with E-state index in [1.165, 1.54) is 5.56 Å². The van der Waals surface area contributed by atoms with Crippen molar-refractivity contribution in [3.05, 3.63) is 46.5 Å². The van der Waals surface area contributed by atoms with Crippen LogP contribution >= 0.6 is 0 Å². The van der Waals surface area contributed by atoms with Gasteiger partial charge in [0.2, 0.25) is 0 Å². The Hall–Kier alpha value is -3.22. The number of rotatable bonds is 2. The zero-order valence-electron chi connectivity index (χ0n) is 27.2. The molecule has 4 aliphatic heterocycles. The highest BCUT2D eigenvalue weighted by Gasteiger charge is 2.76. The molecule has 4 aliphatic carbocycles. The Bertz CT molecular complexity index is 1750. The normalized spacial score (nSPS) is 41.6. The maximum absolute atomic E-state index is 12.7. The molecule has 9 atom stereocenters. The number of methoxy groups -OCH3 is 2. The second kappa shape index (κ2) is 9.47. The number of nitrogens with zero attached hydrogens (tertiary/aromatic N) is 2. The molecular weight excluding hydrogens is 604 g/mol. The standard InChI is InChI=1S/C18H21NO5.C18H21NO4/c1-19-6-5-17-14-9-3-4-11(23-2)15(14)24-16(17)10(20)8-13(21)18(17,22)12(19)7-9;1-19-8-7-17-14-10-3-4-12(22-2)15(14)23-16(17)11(20)5-6-18(17,21)13(19)9-10/h3-4,12-13,16,21-22H,5-8H2,1-2H3;3-4,13,16,21H,5-9H2,1-2H3/t12-,13?,16+,17+,18+;13-,16+,17+,18-/m11/s1. The van der Waals surface area contributed by atoms with E-state index in [4.69, 9.17) is 18.9 Å². The SMILES string of the molecule is COc1ccc2c3c1O[C@H]1C(=O)CC(O)[C@@]4(O)[C@@H](C2)N(C)CC[C@]314.COc1ccc2c3c1O[C@H]1C(=O)CC[C@@]4(O)[C@@H](C2)N(C)CC[C@]314. The maximum atomic E-state index is 12.7. The zero-order valence-corrected chi connectivity index (χ0v) is 27.2. The number of aliphatic hydroxyl groups excluding tert-OH is 1. The van der Waals surface area contributed by atoms with Gasteiger partial charge in [0.1, 0.15) is 5.60 Å². The summed E-state index contributed by atoms with van der Waals surface area (Å²) in [5.74, 6) is 2.49. The van der Waals surface area contributed by atoms with Crippen LogP contribution in [-0.2, 0) is 33.3 Å². The van der Waals surface area contributed by atoms with Crippen molar-refractivity contribution in [2.24, 2.45) is 0 Å². The van der Waals surface area contributed by atoms with Gasteiger partial charge in [0.15, 0.2) is 46.8 Å². The van der Waals surface area contributed by atoms with Crippen LogP contribution in [0, 0.1) is 0 Å². The summed E-state index contributed by atoms with van der Waals surface area (Å²) in [6.07, 6.45) is 1.21. The molecule has 8 aliphatic rings. The minimum absolute atomic E-state index is 0.0438. The monoisotopic (exact) mass is 646 g/mol. The number of ketones is 2. The van der Waals surface area contributed by atoms with Gasteiger partial charge in [-0.1, -0.05) is 12.1 Å². The Morgan fingerprint density at radius 2 is 1.28 bits per heavy atom. The maximum Gasteiger partial charge on any atom is 0.177 e. The lowest BCUT2D eigenvalue weighted by molar-refractivity contribution is -0.226. The number of carbonyl (C=O) groups is 2.